The maximum Gasteiger partial charge on any atom is 0.408 e. The quantitative estimate of drug-likeness (QED) is 0.326. The van der Waals surface area contributed by atoms with Gasteiger partial charge in [-0.2, -0.15) is 4.79 Å². The fraction of sp³-hybridized carbons (Fsp3) is 0.550. The molecule has 1 aromatic rings. The van der Waals surface area contributed by atoms with Gasteiger partial charge in [0, 0.05) is 0 Å². The summed E-state index contributed by atoms with van der Waals surface area (Å²) in [5.41, 5.74) is 8.51. The lowest BCUT2D eigenvalue weighted by Gasteiger charge is -2.36. The van der Waals surface area contributed by atoms with Crippen LogP contribution in [-0.4, -0.2) is 36.8 Å². The van der Waals surface area contributed by atoms with E-state index >= 15 is 0 Å². The van der Waals surface area contributed by atoms with Crippen LogP contribution in [0, 0.1) is 0 Å². The monoisotopic (exact) mass is 405 g/mol. The molecular weight excluding hydrogens is 374 g/mol. The van der Waals surface area contributed by atoms with Gasteiger partial charge in [-0.15, -0.1) is 0 Å². The Morgan fingerprint density at radius 2 is 1.64 bits per heavy atom. The highest BCUT2D eigenvalue weighted by molar-refractivity contribution is 6.74. The number of hydrogen-bond acceptors (Lipinski definition) is 4. The van der Waals surface area contributed by atoms with Crippen LogP contribution in [0.1, 0.15) is 53.1 Å². The van der Waals surface area contributed by atoms with Gasteiger partial charge in [0.15, 0.2) is 0 Å². The zero-order chi connectivity index (χ0) is 21.8. The number of ether oxygens (including phenoxy) is 1. The van der Waals surface area contributed by atoms with E-state index in [9.17, 15) is 9.59 Å². The number of benzene rings is 1. The molecule has 0 aliphatic rings. The normalized spacial score (nSPS) is 13.1. The molecule has 0 aliphatic heterocycles. The first kappa shape index (κ1) is 23.6. The highest BCUT2D eigenvalue weighted by Gasteiger charge is 2.39. The standard InChI is InChI=1S/C20H31N3O4Si/c1-19(2,3)26-18(25)23-17(16(24)13-22-21)14-9-11-15(12-10-14)27-28(7,8)20(4,5)6/h9-13,17H,1-8H3,(H,23,25)/t17-/m0/s1. The van der Waals surface area contributed by atoms with Gasteiger partial charge in [-0.05, 0) is 56.6 Å². The summed E-state index contributed by atoms with van der Waals surface area (Å²) in [4.78, 5) is 27.2. The number of carbonyl (C=O) groups excluding carboxylic acids is 2. The smallest absolute Gasteiger partial charge is 0.408 e. The fourth-order valence-electron chi connectivity index (χ4n) is 2.05. The second-order valence-corrected chi connectivity index (χ2v) is 13.9. The number of amides is 1. The third-order valence-corrected chi connectivity index (χ3v) is 8.88. The number of carbonyl (C=O) groups is 2. The van der Waals surface area contributed by atoms with Crippen molar-refractivity contribution < 1.29 is 23.5 Å². The molecule has 0 spiro atoms. The van der Waals surface area contributed by atoms with Gasteiger partial charge in [0.05, 0.1) is 0 Å². The Bertz CT molecular complexity index is 755. The first-order valence-corrected chi connectivity index (χ1v) is 12.1. The molecule has 0 fully saturated rings. The molecule has 28 heavy (non-hydrogen) atoms. The van der Waals surface area contributed by atoms with Gasteiger partial charge in [-0.3, -0.25) is 4.79 Å². The van der Waals surface area contributed by atoms with E-state index in [0.717, 1.165) is 6.21 Å². The van der Waals surface area contributed by atoms with Crippen molar-refractivity contribution in [1.82, 2.24) is 5.32 Å². The summed E-state index contributed by atoms with van der Waals surface area (Å²) in [7, 11) is -1.99. The molecule has 154 valence electrons. The molecule has 8 heteroatoms. The van der Waals surface area contributed by atoms with Crippen molar-refractivity contribution in [2.75, 3.05) is 0 Å². The summed E-state index contributed by atoms with van der Waals surface area (Å²) >= 11 is 0. The summed E-state index contributed by atoms with van der Waals surface area (Å²) in [5.74, 6) is 0.126. The lowest BCUT2D eigenvalue weighted by atomic mass is 10.0. The third-order valence-electron chi connectivity index (χ3n) is 4.52. The van der Waals surface area contributed by atoms with Crippen LogP contribution in [0.5, 0.6) is 5.75 Å². The van der Waals surface area contributed by atoms with Crippen molar-refractivity contribution in [3.8, 4) is 5.75 Å². The molecule has 1 amide bonds. The maximum atomic E-state index is 12.3. The molecule has 0 saturated heterocycles. The Hall–Kier alpha value is -2.44. The minimum atomic E-state index is -1.99. The van der Waals surface area contributed by atoms with Gasteiger partial charge in [0.25, 0.3) is 5.78 Å². The van der Waals surface area contributed by atoms with Crippen LogP contribution in [-0.2, 0) is 9.53 Å². The van der Waals surface area contributed by atoms with Gasteiger partial charge in [0.2, 0.25) is 8.32 Å². The summed E-state index contributed by atoms with van der Waals surface area (Å²) in [5, 5.41) is 2.58. The van der Waals surface area contributed by atoms with E-state index in [-0.39, 0.29) is 5.04 Å². The predicted octanol–water partition coefficient (Wildman–Crippen LogP) is 4.51. The number of nitrogens with zero attached hydrogens (tertiary/aromatic N) is 2. The van der Waals surface area contributed by atoms with Crippen molar-refractivity contribution in [3.63, 3.8) is 0 Å². The summed E-state index contributed by atoms with van der Waals surface area (Å²) in [6, 6.07) is 5.90. The van der Waals surface area contributed by atoms with Crippen molar-refractivity contribution in [1.29, 1.82) is 0 Å². The number of hydrogen-bond donors (Lipinski definition) is 1. The average Bonchev–Trinajstić information content (AvgIpc) is 2.50. The van der Waals surface area contributed by atoms with Gasteiger partial charge in [-0.1, -0.05) is 32.9 Å². The average molecular weight is 406 g/mol. The zero-order valence-electron chi connectivity index (χ0n) is 18.0. The molecular formula is C20H31N3O4Si. The lowest BCUT2D eigenvalue weighted by Crippen LogP contribution is -2.43. The Morgan fingerprint density at radius 3 is 2.07 bits per heavy atom. The molecule has 0 aliphatic carbocycles. The van der Waals surface area contributed by atoms with Crippen LogP contribution in [0.25, 0.3) is 5.53 Å². The molecule has 0 saturated carbocycles. The second kappa shape index (κ2) is 8.71. The maximum absolute atomic E-state index is 12.3. The van der Waals surface area contributed by atoms with Crippen molar-refractivity contribution in [2.24, 2.45) is 0 Å². The first-order chi connectivity index (χ1) is 12.7. The topological polar surface area (TPSA) is 101 Å². The lowest BCUT2D eigenvalue weighted by molar-refractivity contribution is -0.118. The van der Waals surface area contributed by atoms with E-state index in [0.29, 0.717) is 11.3 Å². The van der Waals surface area contributed by atoms with E-state index < -0.39 is 31.8 Å². The Morgan fingerprint density at radius 1 is 1.11 bits per heavy atom. The molecule has 7 nitrogen and oxygen atoms in total. The molecule has 0 aromatic heterocycles. The highest BCUT2D eigenvalue weighted by Crippen LogP contribution is 2.37. The molecule has 1 aromatic carbocycles. The van der Waals surface area contributed by atoms with Crippen molar-refractivity contribution in [2.45, 2.75) is 71.3 Å². The van der Waals surface area contributed by atoms with Crippen LogP contribution < -0.4 is 9.74 Å². The van der Waals surface area contributed by atoms with Gasteiger partial charge in [0.1, 0.15) is 17.4 Å². The Balaban J connectivity index is 3.07. The fourth-order valence-corrected chi connectivity index (χ4v) is 3.08. The van der Waals surface area contributed by atoms with E-state index in [1.165, 1.54) is 0 Å². The Labute approximate surface area is 168 Å². The molecule has 1 N–H and O–H groups in total. The third kappa shape index (κ3) is 6.94. The number of nitrogens with one attached hydrogen (secondary N) is 1. The SMILES string of the molecule is CC(C)(C)OC(=O)N[C@H](C(=O)C=[N+]=[N-])c1ccc(O[Si](C)(C)C(C)(C)C)cc1. The van der Waals surface area contributed by atoms with Crippen LogP contribution in [0.3, 0.4) is 0 Å². The molecule has 0 bridgehead atoms. The van der Waals surface area contributed by atoms with Crippen molar-refractivity contribution >= 4 is 26.4 Å². The summed E-state index contributed by atoms with van der Waals surface area (Å²) < 4.78 is 11.4. The highest BCUT2D eigenvalue weighted by atomic mass is 28.4. The van der Waals surface area contributed by atoms with E-state index in [1.807, 2.05) is 0 Å². The number of ketones is 1. The van der Waals surface area contributed by atoms with Crippen LogP contribution in [0.15, 0.2) is 24.3 Å². The van der Waals surface area contributed by atoms with E-state index in [1.54, 1.807) is 45.0 Å². The number of Topliss-reactive ketones (excluding diaryl/α,β-unsaturated/α-hetero) is 1. The minimum Gasteiger partial charge on any atom is -0.544 e. The molecule has 1 atom stereocenters. The minimum absolute atomic E-state index is 0.0556. The van der Waals surface area contributed by atoms with Crippen LogP contribution >= 0.6 is 0 Å². The molecule has 0 unspecified atom stereocenters. The van der Waals surface area contributed by atoms with Gasteiger partial charge in [-0.25, -0.2) is 4.79 Å². The summed E-state index contributed by atoms with van der Waals surface area (Å²) in [6.07, 6.45) is 0.0148. The number of alkyl carbamates (subject to hydrolysis) is 1. The Kier molecular flexibility index (Phi) is 7.34. The predicted molar refractivity (Wildman–Crippen MR) is 111 cm³/mol. The first-order valence-electron chi connectivity index (χ1n) is 9.16. The van der Waals surface area contributed by atoms with Gasteiger partial charge < -0.3 is 20.0 Å². The summed E-state index contributed by atoms with van der Waals surface area (Å²) in [6.45, 7) is 15.9. The van der Waals surface area contributed by atoms with Crippen molar-refractivity contribution in [3.05, 3.63) is 35.4 Å². The molecule has 0 heterocycles. The molecule has 1 rings (SSSR count). The van der Waals surface area contributed by atoms with E-state index in [2.05, 4.69) is 44.0 Å². The largest absolute Gasteiger partial charge is 0.544 e. The zero-order valence-corrected chi connectivity index (χ0v) is 19.0. The molecule has 0 radical (unpaired) electrons. The van der Waals surface area contributed by atoms with Crippen LogP contribution in [0.4, 0.5) is 4.79 Å². The van der Waals surface area contributed by atoms with Gasteiger partial charge >= 0.3 is 12.3 Å². The van der Waals surface area contributed by atoms with Crippen LogP contribution in [0.2, 0.25) is 18.1 Å². The number of rotatable bonds is 6. The van der Waals surface area contributed by atoms with E-state index in [4.69, 9.17) is 14.7 Å². The second-order valence-electron chi connectivity index (χ2n) is 9.16.